The van der Waals surface area contributed by atoms with E-state index < -0.39 is 0 Å². The van der Waals surface area contributed by atoms with Gasteiger partial charge in [0.05, 0.1) is 0 Å². The lowest BCUT2D eigenvalue weighted by Gasteiger charge is -2.12. The van der Waals surface area contributed by atoms with E-state index >= 15 is 0 Å². The Balaban J connectivity index is 1.99. The second kappa shape index (κ2) is 5.28. The Morgan fingerprint density at radius 3 is 2.88 bits per heavy atom. The summed E-state index contributed by atoms with van der Waals surface area (Å²) in [6.45, 7) is 0. The van der Waals surface area contributed by atoms with E-state index in [1.807, 2.05) is 13.1 Å². The zero-order valence-corrected chi connectivity index (χ0v) is 11.1. The zero-order chi connectivity index (χ0) is 11.5. The number of benzene rings is 1. The largest absolute Gasteiger partial charge is 0.317 e. The first-order valence-electron chi connectivity index (χ1n) is 5.80. The standard InChI is InChI=1S/C13H17BrFN/c1-16-12-5-2-9(7-12)6-10-3-4-11(15)8-13(10)14/h3-4,8-9,12,16H,2,5-7H2,1H3. The molecule has 0 radical (unpaired) electrons. The third kappa shape index (κ3) is 2.83. The molecule has 1 nitrogen and oxygen atoms in total. The van der Waals surface area contributed by atoms with Gasteiger partial charge in [-0.1, -0.05) is 22.0 Å². The van der Waals surface area contributed by atoms with Crippen molar-refractivity contribution < 1.29 is 4.39 Å². The Hall–Kier alpha value is -0.410. The zero-order valence-electron chi connectivity index (χ0n) is 9.47. The van der Waals surface area contributed by atoms with Crippen molar-refractivity contribution in [2.45, 2.75) is 31.7 Å². The summed E-state index contributed by atoms with van der Waals surface area (Å²) >= 11 is 3.43. The fourth-order valence-corrected chi connectivity index (χ4v) is 3.03. The fraction of sp³-hybridized carbons (Fsp3) is 0.538. The van der Waals surface area contributed by atoms with Crippen LogP contribution in [0.1, 0.15) is 24.8 Å². The molecule has 1 aromatic rings. The Bertz CT molecular complexity index is 367. The van der Waals surface area contributed by atoms with E-state index in [-0.39, 0.29) is 5.82 Å². The normalized spacial score (nSPS) is 24.9. The SMILES string of the molecule is CNC1CCC(Cc2ccc(F)cc2Br)C1. The molecule has 0 bridgehead atoms. The van der Waals surface area contributed by atoms with Crippen LogP contribution in [-0.2, 0) is 6.42 Å². The van der Waals surface area contributed by atoms with Crippen LogP contribution in [-0.4, -0.2) is 13.1 Å². The van der Waals surface area contributed by atoms with Gasteiger partial charge in [0.2, 0.25) is 0 Å². The van der Waals surface area contributed by atoms with Crippen LogP contribution in [0.4, 0.5) is 4.39 Å². The molecule has 88 valence electrons. The van der Waals surface area contributed by atoms with Gasteiger partial charge >= 0.3 is 0 Å². The average molecular weight is 286 g/mol. The van der Waals surface area contributed by atoms with Crippen molar-refractivity contribution in [1.82, 2.24) is 5.32 Å². The van der Waals surface area contributed by atoms with Crippen molar-refractivity contribution in [3.63, 3.8) is 0 Å². The lowest BCUT2D eigenvalue weighted by atomic mass is 9.98. The lowest BCUT2D eigenvalue weighted by Crippen LogP contribution is -2.21. The first kappa shape index (κ1) is 12.1. The highest BCUT2D eigenvalue weighted by Crippen LogP contribution is 2.30. The first-order chi connectivity index (χ1) is 7.69. The minimum absolute atomic E-state index is 0.171. The molecular formula is C13H17BrFN. The average Bonchev–Trinajstić information content (AvgIpc) is 2.70. The van der Waals surface area contributed by atoms with Crippen molar-refractivity contribution in [3.05, 3.63) is 34.1 Å². The van der Waals surface area contributed by atoms with Gasteiger partial charge in [-0.2, -0.15) is 0 Å². The molecule has 0 amide bonds. The maximum Gasteiger partial charge on any atom is 0.124 e. The Kier molecular flexibility index (Phi) is 3.98. The summed E-state index contributed by atoms with van der Waals surface area (Å²) in [4.78, 5) is 0. The van der Waals surface area contributed by atoms with Crippen LogP contribution in [0, 0.1) is 11.7 Å². The molecule has 0 aromatic heterocycles. The molecule has 0 spiro atoms. The number of hydrogen-bond donors (Lipinski definition) is 1. The van der Waals surface area contributed by atoms with E-state index in [2.05, 4.69) is 21.2 Å². The minimum Gasteiger partial charge on any atom is -0.317 e. The Labute approximate surface area is 105 Å². The van der Waals surface area contributed by atoms with E-state index in [0.29, 0.717) is 6.04 Å². The number of nitrogens with one attached hydrogen (secondary N) is 1. The summed E-state index contributed by atoms with van der Waals surface area (Å²) in [6, 6.07) is 5.67. The van der Waals surface area contributed by atoms with Crippen molar-refractivity contribution in [2.75, 3.05) is 7.05 Å². The molecule has 3 heteroatoms. The van der Waals surface area contributed by atoms with Gasteiger partial charge < -0.3 is 5.32 Å². The molecule has 2 unspecified atom stereocenters. The molecule has 1 fully saturated rings. The molecule has 1 aliphatic rings. The summed E-state index contributed by atoms with van der Waals surface area (Å²) in [5.74, 6) is 0.564. The smallest absolute Gasteiger partial charge is 0.124 e. The minimum atomic E-state index is -0.171. The molecule has 0 aliphatic heterocycles. The van der Waals surface area contributed by atoms with Gasteiger partial charge in [0, 0.05) is 10.5 Å². The number of hydrogen-bond acceptors (Lipinski definition) is 1. The summed E-state index contributed by atoms with van der Waals surface area (Å²) in [7, 11) is 2.03. The van der Waals surface area contributed by atoms with Gasteiger partial charge in [-0.05, 0) is 56.3 Å². The maximum absolute atomic E-state index is 12.9. The maximum atomic E-state index is 12.9. The van der Waals surface area contributed by atoms with Crippen molar-refractivity contribution >= 4 is 15.9 Å². The molecule has 1 N–H and O–H groups in total. The highest BCUT2D eigenvalue weighted by molar-refractivity contribution is 9.10. The summed E-state index contributed by atoms with van der Waals surface area (Å²) in [5, 5.41) is 3.33. The van der Waals surface area contributed by atoms with Gasteiger partial charge in [0.1, 0.15) is 5.82 Å². The van der Waals surface area contributed by atoms with E-state index in [1.165, 1.54) is 24.8 Å². The molecule has 1 saturated carbocycles. The molecule has 0 heterocycles. The van der Waals surface area contributed by atoms with E-state index in [9.17, 15) is 4.39 Å². The van der Waals surface area contributed by atoms with Crippen molar-refractivity contribution in [3.8, 4) is 0 Å². The lowest BCUT2D eigenvalue weighted by molar-refractivity contribution is 0.508. The van der Waals surface area contributed by atoms with Crippen molar-refractivity contribution in [1.29, 1.82) is 0 Å². The predicted octanol–water partition coefficient (Wildman–Crippen LogP) is 3.52. The monoisotopic (exact) mass is 285 g/mol. The molecule has 2 rings (SSSR count). The summed E-state index contributed by atoms with van der Waals surface area (Å²) in [6.07, 6.45) is 4.83. The molecule has 16 heavy (non-hydrogen) atoms. The van der Waals surface area contributed by atoms with Gasteiger partial charge in [-0.25, -0.2) is 4.39 Å². The van der Waals surface area contributed by atoms with Crippen LogP contribution >= 0.6 is 15.9 Å². The highest BCUT2D eigenvalue weighted by Gasteiger charge is 2.23. The first-order valence-corrected chi connectivity index (χ1v) is 6.59. The topological polar surface area (TPSA) is 12.0 Å². The van der Waals surface area contributed by atoms with E-state index in [1.54, 1.807) is 12.1 Å². The summed E-state index contributed by atoms with van der Waals surface area (Å²) in [5.41, 5.74) is 1.23. The molecule has 0 saturated heterocycles. The van der Waals surface area contributed by atoms with E-state index in [0.717, 1.165) is 16.8 Å². The highest BCUT2D eigenvalue weighted by atomic mass is 79.9. The van der Waals surface area contributed by atoms with Crippen LogP contribution in [0.15, 0.2) is 22.7 Å². The van der Waals surface area contributed by atoms with Gasteiger partial charge in [-0.3, -0.25) is 0 Å². The number of halogens is 2. The number of rotatable bonds is 3. The van der Waals surface area contributed by atoms with E-state index in [4.69, 9.17) is 0 Å². The van der Waals surface area contributed by atoms with Gasteiger partial charge in [0.15, 0.2) is 0 Å². The van der Waals surface area contributed by atoms with Gasteiger partial charge in [-0.15, -0.1) is 0 Å². The third-order valence-electron chi connectivity index (χ3n) is 3.47. The second-order valence-electron chi connectivity index (χ2n) is 4.60. The second-order valence-corrected chi connectivity index (χ2v) is 5.46. The Morgan fingerprint density at radius 2 is 2.25 bits per heavy atom. The van der Waals surface area contributed by atoms with Crippen molar-refractivity contribution in [2.24, 2.45) is 5.92 Å². The third-order valence-corrected chi connectivity index (χ3v) is 4.21. The van der Waals surface area contributed by atoms with Gasteiger partial charge in [0.25, 0.3) is 0 Å². The van der Waals surface area contributed by atoms with Crippen LogP contribution in [0.25, 0.3) is 0 Å². The predicted molar refractivity (Wildman–Crippen MR) is 68.0 cm³/mol. The summed E-state index contributed by atoms with van der Waals surface area (Å²) < 4.78 is 13.8. The van der Waals surface area contributed by atoms with Crippen LogP contribution in [0.3, 0.4) is 0 Å². The molecular weight excluding hydrogens is 269 g/mol. The van der Waals surface area contributed by atoms with Crippen LogP contribution < -0.4 is 5.32 Å². The molecule has 1 aromatic carbocycles. The Morgan fingerprint density at radius 1 is 1.44 bits per heavy atom. The fourth-order valence-electron chi connectivity index (χ4n) is 2.52. The molecule has 1 aliphatic carbocycles. The quantitative estimate of drug-likeness (QED) is 0.896. The van der Waals surface area contributed by atoms with Crippen LogP contribution in [0.2, 0.25) is 0 Å². The van der Waals surface area contributed by atoms with Crippen LogP contribution in [0.5, 0.6) is 0 Å². The molecule has 2 atom stereocenters.